The van der Waals surface area contributed by atoms with Crippen LogP contribution in [0.2, 0.25) is 0 Å². The third-order valence-electron chi connectivity index (χ3n) is 3.54. The second-order valence-corrected chi connectivity index (χ2v) is 6.68. The van der Waals surface area contributed by atoms with Crippen molar-refractivity contribution in [1.82, 2.24) is 5.43 Å². The number of para-hydroxylation sites is 1. The summed E-state index contributed by atoms with van der Waals surface area (Å²) in [5.74, 6) is 0.230. The van der Waals surface area contributed by atoms with Crippen LogP contribution in [0.1, 0.15) is 31.9 Å². The predicted octanol–water partition coefficient (Wildman–Crippen LogP) is 3.42. The number of ether oxygens (including phenoxy) is 1. The fourth-order valence-corrected chi connectivity index (χ4v) is 2.29. The van der Waals surface area contributed by atoms with Crippen LogP contribution in [0.25, 0.3) is 0 Å². The second kappa shape index (κ2) is 8.24. The summed E-state index contributed by atoms with van der Waals surface area (Å²) in [6, 6.07) is 13.5. The van der Waals surface area contributed by atoms with Crippen LogP contribution in [0, 0.1) is 10.1 Å². The van der Waals surface area contributed by atoms with E-state index in [4.69, 9.17) is 4.74 Å². The Kier molecular flexibility index (Phi) is 6.06. The fraction of sp³-hybridized carbons (Fsp3) is 0.263. The minimum atomic E-state index is -0.490. The van der Waals surface area contributed by atoms with Crippen molar-refractivity contribution in [2.24, 2.45) is 5.10 Å². The topological polar surface area (TPSA) is 93.8 Å². The number of carbonyl (C=O) groups is 1. The lowest BCUT2D eigenvalue weighted by Crippen LogP contribution is -2.25. The van der Waals surface area contributed by atoms with Gasteiger partial charge >= 0.3 is 0 Å². The van der Waals surface area contributed by atoms with Crippen LogP contribution in [0.4, 0.5) is 5.69 Å². The normalized spacial score (nSPS) is 11.3. The van der Waals surface area contributed by atoms with Crippen LogP contribution in [-0.4, -0.2) is 23.7 Å². The van der Waals surface area contributed by atoms with Crippen molar-refractivity contribution in [3.63, 3.8) is 0 Å². The zero-order chi connectivity index (χ0) is 19.2. The summed E-state index contributed by atoms with van der Waals surface area (Å²) in [6.07, 6.45) is 1.34. The Balaban J connectivity index is 1.92. The summed E-state index contributed by atoms with van der Waals surface area (Å²) in [7, 11) is 0. The number of nitro benzene ring substituents is 1. The standard InChI is InChI=1S/C19H21N3O4/c1-19(2,3)16-9-4-5-10-17(16)26-13-18(23)21-20-12-14-7-6-8-15(11-14)22(24)25/h4-12H,13H2,1-3H3,(H,21,23)/b20-12+. The van der Waals surface area contributed by atoms with Crippen molar-refractivity contribution in [2.45, 2.75) is 26.2 Å². The molecule has 0 fully saturated rings. The predicted molar refractivity (Wildman–Crippen MR) is 99.5 cm³/mol. The van der Waals surface area contributed by atoms with Crippen LogP contribution < -0.4 is 10.2 Å². The number of amides is 1. The van der Waals surface area contributed by atoms with Crippen LogP contribution >= 0.6 is 0 Å². The minimum absolute atomic E-state index is 0.0394. The van der Waals surface area contributed by atoms with Crippen LogP contribution in [0.3, 0.4) is 0 Å². The minimum Gasteiger partial charge on any atom is -0.483 e. The van der Waals surface area contributed by atoms with E-state index in [0.29, 0.717) is 11.3 Å². The molecule has 7 heteroatoms. The first-order valence-corrected chi connectivity index (χ1v) is 8.06. The maximum Gasteiger partial charge on any atom is 0.277 e. The molecule has 2 aromatic rings. The average Bonchev–Trinajstić information content (AvgIpc) is 2.59. The van der Waals surface area contributed by atoms with Crippen molar-refractivity contribution in [1.29, 1.82) is 0 Å². The molecule has 2 rings (SSSR count). The maximum atomic E-state index is 11.9. The van der Waals surface area contributed by atoms with E-state index in [9.17, 15) is 14.9 Å². The number of nitrogens with one attached hydrogen (secondary N) is 1. The summed E-state index contributed by atoms with van der Waals surface area (Å²) in [6.45, 7) is 6.02. The molecule has 26 heavy (non-hydrogen) atoms. The molecule has 1 amide bonds. The van der Waals surface area contributed by atoms with Gasteiger partial charge in [-0.1, -0.05) is 51.1 Å². The van der Waals surface area contributed by atoms with Gasteiger partial charge in [0.15, 0.2) is 6.61 Å². The number of nitrogens with zero attached hydrogens (tertiary/aromatic N) is 2. The number of hydrogen-bond donors (Lipinski definition) is 1. The number of benzene rings is 2. The summed E-state index contributed by atoms with van der Waals surface area (Å²) in [5.41, 5.74) is 3.72. The molecule has 0 aliphatic heterocycles. The summed E-state index contributed by atoms with van der Waals surface area (Å²) in [4.78, 5) is 22.1. The Labute approximate surface area is 151 Å². The van der Waals surface area contributed by atoms with Gasteiger partial charge in [-0.25, -0.2) is 5.43 Å². The van der Waals surface area contributed by atoms with Gasteiger partial charge in [0, 0.05) is 17.7 Å². The third kappa shape index (κ3) is 5.41. The first-order valence-electron chi connectivity index (χ1n) is 8.06. The molecule has 2 aromatic carbocycles. The van der Waals surface area contributed by atoms with Gasteiger partial charge in [0.1, 0.15) is 5.75 Å². The lowest BCUT2D eigenvalue weighted by atomic mass is 9.86. The molecular weight excluding hydrogens is 334 g/mol. The number of hydrazone groups is 1. The van der Waals surface area contributed by atoms with Crippen molar-refractivity contribution in [3.8, 4) is 5.75 Å². The molecule has 0 saturated heterocycles. The van der Waals surface area contributed by atoms with Gasteiger partial charge in [-0.2, -0.15) is 5.10 Å². The molecular formula is C19H21N3O4. The van der Waals surface area contributed by atoms with E-state index in [1.54, 1.807) is 12.1 Å². The highest BCUT2D eigenvalue weighted by molar-refractivity contribution is 5.83. The number of carbonyl (C=O) groups excluding carboxylic acids is 1. The van der Waals surface area contributed by atoms with Crippen molar-refractivity contribution >= 4 is 17.8 Å². The van der Waals surface area contributed by atoms with Gasteiger partial charge in [-0.3, -0.25) is 14.9 Å². The summed E-state index contributed by atoms with van der Waals surface area (Å²) >= 11 is 0. The van der Waals surface area contributed by atoms with Crippen molar-refractivity contribution in [2.75, 3.05) is 6.61 Å². The first-order chi connectivity index (χ1) is 12.3. The number of hydrogen-bond acceptors (Lipinski definition) is 5. The molecule has 136 valence electrons. The van der Waals surface area contributed by atoms with E-state index in [-0.39, 0.29) is 17.7 Å². The highest BCUT2D eigenvalue weighted by Gasteiger charge is 2.18. The van der Waals surface area contributed by atoms with Crippen LogP contribution in [-0.2, 0) is 10.2 Å². The quantitative estimate of drug-likeness (QED) is 0.488. The van der Waals surface area contributed by atoms with Crippen molar-refractivity contribution < 1.29 is 14.5 Å². The van der Waals surface area contributed by atoms with E-state index in [0.717, 1.165) is 5.56 Å². The van der Waals surface area contributed by atoms with Gasteiger partial charge in [-0.15, -0.1) is 0 Å². The highest BCUT2D eigenvalue weighted by Crippen LogP contribution is 2.30. The van der Waals surface area contributed by atoms with E-state index in [1.807, 2.05) is 24.3 Å². The fourth-order valence-electron chi connectivity index (χ4n) is 2.29. The van der Waals surface area contributed by atoms with Gasteiger partial charge in [0.2, 0.25) is 0 Å². The first kappa shape index (κ1) is 19.1. The number of nitro groups is 1. The lowest BCUT2D eigenvalue weighted by Gasteiger charge is -2.22. The Bertz CT molecular complexity index is 826. The van der Waals surface area contributed by atoms with E-state index >= 15 is 0 Å². The van der Waals surface area contributed by atoms with Crippen LogP contribution in [0.5, 0.6) is 5.75 Å². The molecule has 0 aliphatic carbocycles. The molecule has 0 heterocycles. The Morgan fingerprint density at radius 1 is 1.23 bits per heavy atom. The molecule has 1 N–H and O–H groups in total. The van der Waals surface area contributed by atoms with Crippen LogP contribution in [0.15, 0.2) is 53.6 Å². The maximum absolute atomic E-state index is 11.9. The zero-order valence-corrected chi connectivity index (χ0v) is 14.9. The number of non-ortho nitro benzene ring substituents is 1. The Hall–Kier alpha value is -3.22. The monoisotopic (exact) mass is 355 g/mol. The van der Waals surface area contributed by atoms with Gasteiger partial charge < -0.3 is 4.74 Å². The van der Waals surface area contributed by atoms with Gasteiger partial charge in [-0.05, 0) is 17.0 Å². The Morgan fingerprint density at radius 3 is 2.65 bits per heavy atom. The van der Waals surface area contributed by atoms with Gasteiger partial charge in [0.05, 0.1) is 11.1 Å². The van der Waals surface area contributed by atoms with E-state index < -0.39 is 10.8 Å². The summed E-state index contributed by atoms with van der Waals surface area (Å²) in [5, 5.41) is 14.5. The molecule has 0 bridgehead atoms. The molecule has 7 nitrogen and oxygen atoms in total. The Morgan fingerprint density at radius 2 is 1.96 bits per heavy atom. The number of rotatable bonds is 6. The zero-order valence-electron chi connectivity index (χ0n) is 14.9. The van der Waals surface area contributed by atoms with Crippen molar-refractivity contribution in [3.05, 3.63) is 69.8 Å². The highest BCUT2D eigenvalue weighted by atomic mass is 16.6. The SMILES string of the molecule is CC(C)(C)c1ccccc1OCC(=O)N/N=C/c1cccc([N+](=O)[O-])c1. The average molecular weight is 355 g/mol. The molecule has 0 aromatic heterocycles. The summed E-state index contributed by atoms with van der Waals surface area (Å²) < 4.78 is 5.60. The molecule has 0 atom stereocenters. The largest absolute Gasteiger partial charge is 0.483 e. The van der Waals surface area contributed by atoms with Gasteiger partial charge in [0.25, 0.3) is 11.6 Å². The molecule has 0 radical (unpaired) electrons. The molecule has 0 unspecified atom stereocenters. The molecule has 0 aliphatic rings. The van der Waals surface area contributed by atoms with E-state index in [2.05, 4.69) is 31.3 Å². The molecule has 0 saturated carbocycles. The molecule has 0 spiro atoms. The second-order valence-electron chi connectivity index (χ2n) is 6.68. The van der Waals surface area contributed by atoms with E-state index in [1.165, 1.54) is 18.3 Å². The lowest BCUT2D eigenvalue weighted by molar-refractivity contribution is -0.384. The smallest absolute Gasteiger partial charge is 0.277 e. The third-order valence-corrected chi connectivity index (χ3v) is 3.54.